The largest absolute Gasteiger partial charge is 0.332 e. The zero-order chi connectivity index (χ0) is 23.4. The Morgan fingerprint density at radius 3 is 2.33 bits per heavy atom. The fraction of sp³-hybridized carbons (Fsp3) is 0.240. The van der Waals surface area contributed by atoms with E-state index < -0.39 is 17.1 Å². The minimum absolute atomic E-state index is 0.0307. The van der Waals surface area contributed by atoms with Crippen LogP contribution < -0.4 is 11.2 Å². The van der Waals surface area contributed by atoms with Crippen molar-refractivity contribution in [3.05, 3.63) is 104 Å². The van der Waals surface area contributed by atoms with E-state index in [-0.39, 0.29) is 18.2 Å². The first-order chi connectivity index (χ1) is 15.8. The fourth-order valence-electron chi connectivity index (χ4n) is 4.56. The van der Waals surface area contributed by atoms with Crippen LogP contribution in [0, 0.1) is 19.7 Å². The van der Waals surface area contributed by atoms with Crippen molar-refractivity contribution >= 4 is 16.9 Å². The molecule has 0 bridgehead atoms. The summed E-state index contributed by atoms with van der Waals surface area (Å²) in [6.45, 7) is 5.86. The van der Waals surface area contributed by atoms with E-state index >= 15 is 0 Å². The molecule has 5 rings (SSSR count). The Bertz CT molecular complexity index is 1640. The van der Waals surface area contributed by atoms with Crippen LogP contribution >= 0.6 is 0 Å². The minimum Gasteiger partial charge on any atom is -0.307 e. The Morgan fingerprint density at radius 1 is 0.970 bits per heavy atom. The quantitative estimate of drug-likeness (QED) is 0.425. The van der Waals surface area contributed by atoms with E-state index in [4.69, 9.17) is 4.98 Å². The van der Waals surface area contributed by atoms with Gasteiger partial charge < -0.3 is 4.57 Å². The Kier molecular flexibility index (Phi) is 4.81. The number of halogens is 1. The first kappa shape index (κ1) is 20.9. The summed E-state index contributed by atoms with van der Waals surface area (Å²) in [6, 6.07) is 16.2. The van der Waals surface area contributed by atoms with Gasteiger partial charge in [0.15, 0.2) is 11.2 Å². The second kappa shape index (κ2) is 7.58. The summed E-state index contributed by atoms with van der Waals surface area (Å²) in [4.78, 5) is 31.4. The monoisotopic (exact) mass is 445 g/mol. The van der Waals surface area contributed by atoms with Gasteiger partial charge in [-0.3, -0.25) is 18.3 Å². The number of aromatic nitrogens is 5. The maximum Gasteiger partial charge on any atom is 0.332 e. The third kappa shape index (κ3) is 3.05. The van der Waals surface area contributed by atoms with Gasteiger partial charge in [0.2, 0.25) is 5.78 Å². The number of imidazole rings is 2. The van der Waals surface area contributed by atoms with Gasteiger partial charge in [-0.15, -0.1) is 0 Å². The smallest absolute Gasteiger partial charge is 0.307 e. The van der Waals surface area contributed by atoms with E-state index in [1.807, 2.05) is 36.4 Å². The van der Waals surface area contributed by atoms with Gasteiger partial charge in [-0.1, -0.05) is 48.5 Å². The van der Waals surface area contributed by atoms with Crippen molar-refractivity contribution in [2.24, 2.45) is 7.05 Å². The SMILES string of the molecule is Cc1c(C)n2c3c(=O)n(Cc4ccccc4F)c(=O)n(C)c3nc2n1[C@@H](C)c1ccccc1. The Morgan fingerprint density at radius 2 is 1.64 bits per heavy atom. The van der Waals surface area contributed by atoms with E-state index in [9.17, 15) is 14.0 Å². The van der Waals surface area contributed by atoms with Gasteiger partial charge in [0, 0.05) is 24.0 Å². The number of rotatable bonds is 4. The summed E-state index contributed by atoms with van der Waals surface area (Å²) < 4.78 is 20.6. The zero-order valence-electron chi connectivity index (χ0n) is 18.9. The third-order valence-electron chi connectivity index (χ3n) is 6.52. The lowest BCUT2D eigenvalue weighted by atomic mass is 10.1. The predicted molar refractivity (Wildman–Crippen MR) is 125 cm³/mol. The van der Waals surface area contributed by atoms with Gasteiger partial charge in [0.25, 0.3) is 5.56 Å². The molecule has 0 saturated carbocycles. The highest BCUT2D eigenvalue weighted by Crippen LogP contribution is 2.27. The van der Waals surface area contributed by atoms with E-state index in [0.717, 1.165) is 21.5 Å². The number of benzene rings is 2. The third-order valence-corrected chi connectivity index (χ3v) is 6.52. The average molecular weight is 445 g/mol. The molecule has 0 unspecified atom stereocenters. The maximum absolute atomic E-state index is 14.3. The van der Waals surface area contributed by atoms with Crippen LogP contribution in [-0.2, 0) is 13.6 Å². The highest BCUT2D eigenvalue weighted by Gasteiger charge is 2.25. The van der Waals surface area contributed by atoms with Gasteiger partial charge in [-0.05, 0) is 32.4 Å². The Balaban J connectivity index is 1.81. The van der Waals surface area contributed by atoms with Crippen LogP contribution in [0.25, 0.3) is 16.9 Å². The van der Waals surface area contributed by atoms with Crippen LogP contribution in [0.1, 0.15) is 35.5 Å². The van der Waals surface area contributed by atoms with Crippen molar-refractivity contribution in [2.45, 2.75) is 33.4 Å². The molecule has 3 heterocycles. The zero-order valence-corrected chi connectivity index (χ0v) is 18.9. The molecule has 0 spiro atoms. The summed E-state index contributed by atoms with van der Waals surface area (Å²) >= 11 is 0. The van der Waals surface area contributed by atoms with Crippen molar-refractivity contribution in [1.82, 2.24) is 23.1 Å². The van der Waals surface area contributed by atoms with Crippen molar-refractivity contribution < 1.29 is 4.39 Å². The van der Waals surface area contributed by atoms with Gasteiger partial charge >= 0.3 is 5.69 Å². The minimum atomic E-state index is -0.534. The molecular formula is C25H24FN5O2. The second-order valence-corrected chi connectivity index (χ2v) is 8.37. The molecule has 8 heteroatoms. The molecule has 0 aliphatic carbocycles. The van der Waals surface area contributed by atoms with Crippen LogP contribution in [0.3, 0.4) is 0 Å². The van der Waals surface area contributed by atoms with Gasteiger partial charge in [0.05, 0.1) is 12.6 Å². The molecule has 7 nitrogen and oxygen atoms in total. The fourth-order valence-corrected chi connectivity index (χ4v) is 4.56. The Hall–Kier alpha value is -3.94. The standard InChI is InChI=1S/C25H24FN5O2/c1-15-16(2)31-21-22(27-24(31)30(15)17(3)18-10-6-5-7-11-18)28(4)25(33)29(23(21)32)14-19-12-8-9-13-20(19)26/h5-13,17H,14H2,1-4H3/t17-/m0/s1. The molecule has 0 fully saturated rings. The van der Waals surface area contributed by atoms with Gasteiger partial charge in [-0.2, -0.15) is 4.98 Å². The average Bonchev–Trinajstić information content (AvgIpc) is 3.32. The maximum atomic E-state index is 14.3. The molecule has 5 aromatic rings. The van der Waals surface area contributed by atoms with Gasteiger partial charge in [-0.25, -0.2) is 9.18 Å². The first-order valence-corrected chi connectivity index (χ1v) is 10.8. The van der Waals surface area contributed by atoms with Crippen LogP contribution in [0.4, 0.5) is 4.39 Å². The molecule has 0 N–H and O–H groups in total. The second-order valence-electron chi connectivity index (χ2n) is 8.37. The van der Waals surface area contributed by atoms with Crippen molar-refractivity contribution in [3.63, 3.8) is 0 Å². The van der Waals surface area contributed by atoms with Crippen molar-refractivity contribution in [3.8, 4) is 0 Å². The molecule has 0 saturated heterocycles. The highest BCUT2D eigenvalue weighted by atomic mass is 19.1. The molecule has 33 heavy (non-hydrogen) atoms. The van der Waals surface area contributed by atoms with E-state index in [1.54, 1.807) is 25.2 Å². The molecule has 2 aromatic carbocycles. The van der Waals surface area contributed by atoms with Crippen molar-refractivity contribution in [1.29, 1.82) is 0 Å². The lowest BCUT2D eigenvalue weighted by molar-refractivity contribution is 0.582. The number of fused-ring (bicyclic) bond motifs is 3. The molecular weight excluding hydrogens is 421 g/mol. The summed E-state index contributed by atoms with van der Waals surface area (Å²) in [7, 11) is 1.58. The molecule has 168 valence electrons. The van der Waals surface area contributed by atoms with E-state index in [0.29, 0.717) is 16.9 Å². The first-order valence-electron chi connectivity index (χ1n) is 10.8. The van der Waals surface area contributed by atoms with Crippen LogP contribution in [-0.4, -0.2) is 23.1 Å². The highest BCUT2D eigenvalue weighted by molar-refractivity contribution is 5.76. The summed E-state index contributed by atoms with van der Waals surface area (Å²) in [5.74, 6) is 0.131. The van der Waals surface area contributed by atoms with Crippen LogP contribution in [0.2, 0.25) is 0 Å². The topological polar surface area (TPSA) is 66.2 Å². The van der Waals surface area contributed by atoms with E-state index in [1.165, 1.54) is 10.6 Å². The number of hydrogen-bond acceptors (Lipinski definition) is 3. The lowest BCUT2D eigenvalue weighted by Gasteiger charge is -2.16. The molecule has 0 aliphatic rings. The molecule has 1 atom stereocenters. The number of nitrogens with zero attached hydrogens (tertiary/aromatic N) is 5. The lowest BCUT2D eigenvalue weighted by Crippen LogP contribution is -2.39. The molecule has 0 radical (unpaired) electrons. The number of aryl methyl sites for hydroxylation is 2. The number of hydrogen-bond donors (Lipinski definition) is 0. The Labute approximate surface area is 189 Å². The summed E-state index contributed by atoms with van der Waals surface area (Å²) in [5.41, 5.74) is 2.82. The molecule has 0 aliphatic heterocycles. The normalized spacial score (nSPS) is 12.6. The summed E-state index contributed by atoms with van der Waals surface area (Å²) in [5, 5.41) is 0. The van der Waals surface area contributed by atoms with E-state index in [2.05, 4.69) is 23.6 Å². The van der Waals surface area contributed by atoms with Crippen LogP contribution in [0.5, 0.6) is 0 Å². The molecule has 0 amide bonds. The van der Waals surface area contributed by atoms with Crippen LogP contribution in [0.15, 0.2) is 64.2 Å². The predicted octanol–water partition coefficient (Wildman–Crippen LogP) is 3.56. The van der Waals surface area contributed by atoms with Crippen molar-refractivity contribution in [2.75, 3.05) is 0 Å². The molecule has 3 aromatic heterocycles. The summed E-state index contributed by atoms with van der Waals surface area (Å²) in [6.07, 6.45) is 0. The van der Waals surface area contributed by atoms with Gasteiger partial charge in [0.1, 0.15) is 5.82 Å².